The van der Waals surface area contributed by atoms with Crippen LogP contribution in [0, 0.1) is 0 Å². The Morgan fingerprint density at radius 3 is 2.75 bits per heavy atom. The van der Waals surface area contributed by atoms with Crippen molar-refractivity contribution in [2.45, 2.75) is 19.9 Å². The van der Waals surface area contributed by atoms with Crippen molar-refractivity contribution in [2.75, 3.05) is 25.9 Å². The van der Waals surface area contributed by atoms with E-state index in [0.29, 0.717) is 30.8 Å². The van der Waals surface area contributed by atoms with Gasteiger partial charge in [-0.3, -0.25) is 4.79 Å². The molecule has 1 rings (SSSR count). The molecule has 0 saturated heterocycles. The Labute approximate surface area is 119 Å². The molecule has 114 valence electrons. The first-order valence-electron chi connectivity index (χ1n) is 6.40. The zero-order valence-corrected chi connectivity index (χ0v) is 12.6. The van der Waals surface area contributed by atoms with Gasteiger partial charge in [0.2, 0.25) is 10.0 Å². The smallest absolute Gasteiger partial charge is 0.254 e. The van der Waals surface area contributed by atoms with Gasteiger partial charge in [-0.2, -0.15) is 0 Å². The van der Waals surface area contributed by atoms with Crippen molar-refractivity contribution < 1.29 is 17.6 Å². The molecule has 0 atom stereocenters. The molecular weight excluding hydrogens is 282 g/mol. The van der Waals surface area contributed by atoms with Gasteiger partial charge >= 0.3 is 0 Å². The number of amides is 1. The highest BCUT2D eigenvalue weighted by Crippen LogP contribution is 2.06. The Hall–Kier alpha value is -1.38. The predicted molar refractivity (Wildman–Crippen MR) is 75.6 cm³/mol. The molecule has 3 N–H and O–H groups in total. The quantitative estimate of drug-likeness (QED) is 0.665. The molecule has 0 saturated carbocycles. The molecule has 0 aromatic carbocycles. The number of sulfonamides is 1. The summed E-state index contributed by atoms with van der Waals surface area (Å²) >= 11 is 0. The third-order valence-corrected chi connectivity index (χ3v) is 4.75. The third kappa shape index (κ3) is 4.62. The third-order valence-electron chi connectivity index (χ3n) is 2.89. The van der Waals surface area contributed by atoms with Crippen LogP contribution in [0.4, 0.5) is 0 Å². The van der Waals surface area contributed by atoms with Crippen LogP contribution in [0.15, 0.2) is 16.7 Å². The number of carbonyl (C=O) groups excluding carboxylic acids is 1. The molecule has 1 aromatic heterocycles. The summed E-state index contributed by atoms with van der Waals surface area (Å²) in [6, 6.07) is 1.59. The highest BCUT2D eigenvalue weighted by atomic mass is 32.2. The van der Waals surface area contributed by atoms with Gasteiger partial charge in [0, 0.05) is 20.1 Å². The van der Waals surface area contributed by atoms with Crippen molar-refractivity contribution in [1.82, 2.24) is 9.62 Å². The molecular formula is C12H21N3O4S. The van der Waals surface area contributed by atoms with Crippen LogP contribution in [0.1, 0.15) is 29.5 Å². The maximum Gasteiger partial charge on any atom is 0.254 e. The van der Waals surface area contributed by atoms with Gasteiger partial charge in [-0.05, 0) is 19.4 Å². The number of rotatable bonds is 8. The van der Waals surface area contributed by atoms with Gasteiger partial charge < -0.3 is 15.5 Å². The lowest BCUT2D eigenvalue weighted by molar-refractivity contribution is 0.0952. The van der Waals surface area contributed by atoms with Crippen molar-refractivity contribution in [3.05, 3.63) is 23.7 Å². The van der Waals surface area contributed by atoms with E-state index < -0.39 is 10.0 Å². The lowest BCUT2D eigenvalue weighted by Crippen LogP contribution is -2.32. The number of nitrogens with two attached hydrogens (primary N) is 1. The summed E-state index contributed by atoms with van der Waals surface area (Å²) in [5.41, 5.74) is 5.80. The monoisotopic (exact) mass is 303 g/mol. The van der Waals surface area contributed by atoms with E-state index in [0.717, 1.165) is 0 Å². The first-order chi connectivity index (χ1) is 9.40. The Morgan fingerprint density at radius 1 is 1.50 bits per heavy atom. The zero-order valence-electron chi connectivity index (χ0n) is 11.8. The molecule has 7 nitrogen and oxygen atoms in total. The molecule has 0 aliphatic carbocycles. The van der Waals surface area contributed by atoms with Crippen molar-refractivity contribution >= 4 is 15.9 Å². The largest absolute Gasteiger partial charge is 0.467 e. The second-order valence-corrected chi connectivity index (χ2v) is 6.70. The molecule has 0 bridgehead atoms. The molecule has 0 unspecified atom stereocenters. The second-order valence-electron chi connectivity index (χ2n) is 4.34. The minimum Gasteiger partial charge on any atom is -0.467 e. The number of nitrogens with zero attached hydrogens (tertiary/aromatic N) is 1. The minimum absolute atomic E-state index is 0.0761. The fourth-order valence-corrected chi connectivity index (χ4v) is 2.42. The average molecular weight is 303 g/mol. The first kappa shape index (κ1) is 16.7. The van der Waals surface area contributed by atoms with Gasteiger partial charge in [-0.15, -0.1) is 0 Å². The van der Waals surface area contributed by atoms with E-state index in [2.05, 4.69) is 5.32 Å². The Kier molecular flexibility index (Phi) is 6.18. The van der Waals surface area contributed by atoms with E-state index >= 15 is 0 Å². The molecule has 0 fully saturated rings. The summed E-state index contributed by atoms with van der Waals surface area (Å²) in [4.78, 5) is 11.7. The van der Waals surface area contributed by atoms with Crippen molar-refractivity contribution in [3.63, 3.8) is 0 Å². The van der Waals surface area contributed by atoms with E-state index in [4.69, 9.17) is 10.2 Å². The lowest BCUT2D eigenvalue weighted by atomic mass is 10.3. The van der Waals surface area contributed by atoms with Crippen LogP contribution in [0.5, 0.6) is 0 Å². The van der Waals surface area contributed by atoms with Gasteiger partial charge in [0.15, 0.2) is 0 Å². The van der Waals surface area contributed by atoms with Gasteiger partial charge in [0.05, 0.1) is 17.9 Å². The molecule has 0 aliphatic heterocycles. The van der Waals surface area contributed by atoms with E-state index in [-0.39, 0.29) is 18.2 Å². The molecule has 1 heterocycles. The molecule has 0 radical (unpaired) electrons. The fourth-order valence-electron chi connectivity index (χ4n) is 1.57. The SMILES string of the molecule is CCS(=O)(=O)N(C)CCCNC(=O)c1coc(CN)c1. The molecule has 20 heavy (non-hydrogen) atoms. The van der Waals surface area contributed by atoms with Crippen LogP contribution in [-0.2, 0) is 16.6 Å². The van der Waals surface area contributed by atoms with Crippen LogP contribution in [0.3, 0.4) is 0 Å². The molecule has 1 aromatic rings. The molecule has 0 spiro atoms. The Balaban J connectivity index is 2.32. The number of carbonyl (C=O) groups is 1. The summed E-state index contributed by atoms with van der Waals surface area (Å²) in [5, 5.41) is 2.70. The summed E-state index contributed by atoms with van der Waals surface area (Å²) in [6.45, 7) is 2.61. The van der Waals surface area contributed by atoms with E-state index in [1.807, 2.05) is 0 Å². The van der Waals surface area contributed by atoms with Gasteiger partial charge in [-0.25, -0.2) is 12.7 Å². The predicted octanol–water partition coefficient (Wildman–Crippen LogP) is 0.140. The summed E-state index contributed by atoms with van der Waals surface area (Å²) < 4.78 is 29.4. The maximum absolute atomic E-state index is 11.7. The minimum atomic E-state index is -3.16. The van der Waals surface area contributed by atoms with Crippen LogP contribution in [0.25, 0.3) is 0 Å². The van der Waals surface area contributed by atoms with Crippen LogP contribution >= 0.6 is 0 Å². The number of hydrogen-bond acceptors (Lipinski definition) is 5. The van der Waals surface area contributed by atoms with Crippen molar-refractivity contribution in [1.29, 1.82) is 0 Å². The summed E-state index contributed by atoms with van der Waals surface area (Å²) in [5.74, 6) is 0.366. The fraction of sp³-hybridized carbons (Fsp3) is 0.583. The van der Waals surface area contributed by atoms with Crippen molar-refractivity contribution in [3.8, 4) is 0 Å². The van der Waals surface area contributed by atoms with Crippen LogP contribution in [-0.4, -0.2) is 44.5 Å². The maximum atomic E-state index is 11.7. The Bertz CT molecular complexity index is 539. The average Bonchev–Trinajstić information content (AvgIpc) is 2.91. The standard InChI is InChI=1S/C12H21N3O4S/c1-3-20(17,18)15(2)6-4-5-14-12(16)10-7-11(8-13)19-9-10/h7,9H,3-6,8,13H2,1-2H3,(H,14,16). The second kappa shape index (κ2) is 7.41. The van der Waals surface area contributed by atoms with Gasteiger partial charge in [-0.1, -0.05) is 0 Å². The van der Waals surface area contributed by atoms with E-state index in [1.165, 1.54) is 17.6 Å². The normalized spacial score (nSPS) is 11.8. The van der Waals surface area contributed by atoms with E-state index in [9.17, 15) is 13.2 Å². The molecule has 8 heteroatoms. The highest BCUT2D eigenvalue weighted by molar-refractivity contribution is 7.89. The topological polar surface area (TPSA) is 106 Å². The summed E-state index contributed by atoms with van der Waals surface area (Å²) in [6.07, 6.45) is 1.90. The van der Waals surface area contributed by atoms with Gasteiger partial charge in [0.25, 0.3) is 5.91 Å². The van der Waals surface area contributed by atoms with Gasteiger partial charge in [0.1, 0.15) is 12.0 Å². The highest BCUT2D eigenvalue weighted by Gasteiger charge is 2.14. The number of hydrogen-bond donors (Lipinski definition) is 2. The van der Waals surface area contributed by atoms with Crippen LogP contribution < -0.4 is 11.1 Å². The zero-order chi connectivity index (χ0) is 15.2. The van der Waals surface area contributed by atoms with E-state index in [1.54, 1.807) is 13.0 Å². The lowest BCUT2D eigenvalue weighted by Gasteiger charge is -2.15. The molecule has 1 amide bonds. The molecule has 0 aliphatic rings. The van der Waals surface area contributed by atoms with Crippen LogP contribution in [0.2, 0.25) is 0 Å². The number of furan rings is 1. The van der Waals surface area contributed by atoms with Crippen molar-refractivity contribution in [2.24, 2.45) is 5.73 Å². The summed E-state index contributed by atoms with van der Waals surface area (Å²) in [7, 11) is -1.63. The number of nitrogens with one attached hydrogen (secondary N) is 1. The first-order valence-corrected chi connectivity index (χ1v) is 8.01. The Morgan fingerprint density at radius 2 is 2.20 bits per heavy atom.